The predicted octanol–water partition coefficient (Wildman–Crippen LogP) is -2.15. The zero-order chi connectivity index (χ0) is 21.4. The van der Waals surface area contributed by atoms with E-state index in [4.69, 9.17) is 9.84 Å². The number of rotatable bonds is 19. The maximum Gasteiger partial charge on any atom is 1.00 e. The van der Waals surface area contributed by atoms with Gasteiger partial charge in [-0.15, -0.1) is 0 Å². The van der Waals surface area contributed by atoms with Crippen LogP contribution in [-0.2, 0) is 19.3 Å². The van der Waals surface area contributed by atoms with E-state index in [9.17, 15) is 28.3 Å². The molecular weight excluding hydrogens is 415 g/mol. The molecule has 0 aromatic carbocycles. The number of unbranched alkanes of at least 4 members (excludes halogenated alkanes) is 9. The standard InChI is InChI=1S/C18H38O9S.Na/c1-2-3-4-5-6-7-8-9-10-11-12-26-14-16(27-28(23,24)25)18(22)17(21)15(20)13-19;/h15-22H,2-14H2,1H3,(H,23,24,25);/q;+1/p-1/t15-,16+,17-,18-;/m1./s1. The van der Waals surface area contributed by atoms with E-state index in [1.807, 2.05) is 0 Å². The van der Waals surface area contributed by atoms with Crippen LogP contribution in [0.5, 0.6) is 0 Å². The van der Waals surface area contributed by atoms with Crippen molar-refractivity contribution in [1.82, 2.24) is 0 Å². The van der Waals surface area contributed by atoms with Gasteiger partial charge in [-0.05, 0) is 6.42 Å². The predicted molar refractivity (Wildman–Crippen MR) is 102 cm³/mol. The summed E-state index contributed by atoms with van der Waals surface area (Å²) >= 11 is 0. The number of aliphatic hydroxyl groups is 4. The number of hydrogen-bond donors (Lipinski definition) is 4. The number of hydrogen-bond acceptors (Lipinski definition) is 9. The average Bonchev–Trinajstić information content (AvgIpc) is 2.65. The van der Waals surface area contributed by atoms with Gasteiger partial charge in [0.25, 0.3) is 0 Å². The van der Waals surface area contributed by atoms with Crippen molar-refractivity contribution in [1.29, 1.82) is 0 Å². The molecule has 170 valence electrons. The first-order chi connectivity index (χ1) is 13.2. The second-order valence-electron chi connectivity index (χ2n) is 7.03. The third-order valence-corrected chi connectivity index (χ3v) is 4.96. The summed E-state index contributed by atoms with van der Waals surface area (Å²) in [6.07, 6.45) is 4.24. The van der Waals surface area contributed by atoms with E-state index in [1.54, 1.807) is 0 Å². The fourth-order valence-corrected chi connectivity index (χ4v) is 3.25. The van der Waals surface area contributed by atoms with E-state index < -0.39 is 48.0 Å². The van der Waals surface area contributed by atoms with Crippen LogP contribution in [-0.4, -0.2) is 77.6 Å². The monoisotopic (exact) mass is 452 g/mol. The van der Waals surface area contributed by atoms with Crippen LogP contribution in [0.15, 0.2) is 0 Å². The third kappa shape index (κ3) is 18.0. The minimum absolute atomic E-state index is 0. The van der Waals surface area contributed by atoms with Crippen LogP contribution >= 0.6 is 0 Å². The normalized spacial score (nSPS) is 16.1. The largest absolute Gasteiger partial charge is 1.00 e. The van der Waals surface area contributed by atoms with Gasteiger partial charge in [-0.3, -0.25) is 4.18 Å². The summed E-state index contributed by atoms with van der Waals surface area (Å²) in [6.45, 7) is 1.17. The molecule has 0 saturated heterocycles. The SMILES string of the molecule is CCCCCCCCCCCCOC[C@H](OS(=O)(=O)[O-])[C@@H](O)[C@H](O)[C@H](O)CO.[Na+]. The van der Waals surface area contributed by atoms with E-state index in [0.29, 0.717) is 0 Å². The molecule has 0 aliphatic carbocycles. The Bertz CT molecular complexity index is 464. The topological polar surface area (TPSA) is 157 Å². The summed E-state index contributed by atoms with van der Waals surface area (Å²) in [5.41, 5.74) is 0. The Morgan fingerprint density at radius 2 is 1.34 bits per heavy atom. The molecule has 0 fully saturated rings. The Hall–Kier alpha value is 0.670. The first-order valence-corrected chi connectivity index (χ1v) is 11.4. The molecule has 0 spiro atoms. The van der Waals surface area contributed by atoms with Gasteiger partial charge in [-0.25, -0.2) is 8.42 Å². The molecule has 4 atom stereocenters. The molecule has 0 bridgehead atoms. The maximum absolute atomic E-state index is 10.8. The Morgan fingerprint density at radius 3 is 1.79 bits per heavy atom. The zero-order valence-electron chi connectivity index (χ0n) is 17.7. The average molecular weight is 453 g/mol. The molecule has 4 N–H and O–H groups in total. The van der Waals surface area contributed by atoms with E-state index in [0.717, 1.165) is 25.7 Å². The van der Waals surface area contributed by atoms with Gasteiger partial charge in [0.1, 0.15) is 24.4 Å². The fraction of sp³-hybridized carbons (Fsp3) is 1.00. The molecule has 0 heterocycles. The molecule has 9 nitrogen and oxygen atoms in total. The summed E-state index contributed by atoms with van der Waals surface area (Å²) in [5.74, 6) is 0. The van der Waals surface area contributed by atoms with Crippen LogP contribution in [0.3, 0.4) is 0 Å². The summed E-state index contributed by atoms with van der Waals surface area (Å²) in [4.78, 5) is 0. The maximum atomic E-state index is 10.8. The van der Waals surface area contributed by atoms with Crippen LogP contribution in [0.25, 0.3) is 0 Å². The van der Waals surface area contributed by atoms with E-state index >= 15 is 0 Å². The van der Waals surface area contributed by atoms with Crippen molar-refractivity contribution in [2.45, 2.75) is 95.5 Å². The Balaban J connectivity index is 0. The smallest absolute Gasteiger partial charge is 0.726 e. The van der Waals surface area contributed by atoms with Crippen molar-refractivity contribution in [3.05, 3.63) is 0 Å². The van der Waals surface area contributed by atoms with Crippen molar-refractivity contribution in [3.63, 3.8) is 0 Å². The quantitative estimate of drug-likeness (QED) is 0.0742. The third-order valence-electron chi connectivity index (χ3n) is 4.48. The second-order valence-corrected chi connectivity index (χ2v) is 8.04. The van der Waals surface area contributed by atoms with Crippen LogP contribution in [0, 0.1) is 0 Å². The molecule has 0 amide bonds. The molecule has 0 radical (unpaired) electrons. The van der Waals surface area contributed by atoms with Gasteiger partial charge in [0.15, 0.2) is 0 Å². The van der Waals surface area contributed by atoms with Gasteiger partial charge in [0, 0.05) is 6.61 Å². The van der Waals surface area contributed by atoms with Crippen LogP contribution in [0.2, 0.25) is 0 Å². The van der Waals surface area contributed by atoms with Gasteiger partial charge in [-0.2, -0.15) is 0 Å². The van der Waals surface area contributed by atoms with Gasteiger partial charge >= 0.3 is 29.6 Å². The van der Waals surface area contributed by atoms with Gasteiger partial charge < -0.3 is 29.7 Å². The number of ether oxygens (including phenoxy) is 1. The number of aliphatic hydroxyl groups excluding tert-OH is 4. The molecule has 0 aliphatic heterocycles. The van der Waals surface area contributed by atoms with Crippen molar-refractivity contribution in [3.8, 4) is 0 Å². The first-order valence-electron chi connectivity index (χ1n) is 10.1. The molecule has 0 aromatic heterocycles. The van der Waals surface area contributed by atoms with Gasteiger partial charge in [0.2, 0.25) is 10.4 Å². The minimum Gasteiger partial charge on any atom is -0.726 e. The molecule has 29 heavy (non-hydrogen) atoms. The van der Waals surface area contributed by atoms with Crippen molar-refractivity contribution >= 4 is 10.4 Å². The van der Waals surface area contributed by atoms with Crippen LogP contribution in [0.1, 0.15) is 71.1 Å². The van der Waals surface area contributed by atoms with Gasteiger partial charge in [-0.1, -0.05) is 64.7 Å². The fourth-order valence-electron chi connectivity index (χ4n) is 2.78. The molecule has 0 unspecified atom stereocenters. The van der Waals surface area contributed by atoms with E-state index in [1.165, 1.54) is 38.5 Å². The molecule has 0 saturated carbocycles. The second kappa shape index (κ2) is 19.4. The van der Waals surface area contributed by atoms with E-state index in [2.05, 4.69) is 11.1 Å². The molecule has 0 rings (SSSR count). The molecule has 0 aliphatic rings. The zero-order valence-corrected chi connectivity index (χ0v) is 20.6. The first kappa shape index (κ1) is 31.9. The summed E-state index contributed by atoms with van der Waals surface area (Å²) in [7, 11) is -5.15. The molecule has 0 aromatic rings. The molecular formula is C18H37NaO9S. The minimum atomic E-state index is -5.15. The molecule has 11 heteroatoms. The van der Waals surface area contributed by atoms with Crippen LogP contribution < -0.4 is 29.6 Å². The van der Waals surface area contributed by atoms with Gasteiger partial charge in [0.05, 0.1) is 13.2 Å². The Morgan fingerprint density at radius 1 is 0.862 bits per heavy atom. The summed E-state index contributed by atoms with van der Waals surface area (Å²) < 4.78 is 41.8. The Labute approximate surface area is 197 Å². The Kier molecular flexibility index (Phi) is 21.3. The summed E-state index contributed by atoms with van der Waals surface area (Å²) in [6, 6.07) is 0. The van der Waals surface area contributed by atoms with Crippen LogP contribution in [0.4, 0.5) is 0 Å². The summed E-state index contributed by atoms with van der Waals surface area (Å²) in [5, 5.41) is 37.7. The van der Waals surface area contributed by atoms with Crippen molar-refractivity contribution < 1.29 is 71.9 Å². The van der Waals surface area contributed by atoms with Crippen molar-refractivity contribution in [2.75, 3.05) is 19.8 Å². The van der Waals surface area contributed by atoms with E-state index in [-0.39, 0.29) is 36.2 Å². The van der Waals surface area contributed by atoms with Crippen molar-refractivity contribution in [2.24, 2.45) is 0 Å².